The zero-order valence-electron chi connectivity index (χ0n) is 6.71. The Hall–Kier alpha value is -1.30. The Morgan fingerprint density at radius 2 is 1.71 bits per heavy atom. The lowest BCUT2D eigenvalue weighted by molar-refractivity contribution is 0.0697. The topological polar surface area (TPSA) is 37.3 Å². The van der Waals surface area contributed by atoms with E-state index in [4.69, 9.17) is 5.11 Å². The first-order valence-electron chi connectivity index (χ1n) is 3.44. The highest BCUT2D eigenvalue weighted by Gasteiger charge is 2.08. The SMILES string of the molecule is O=C(O)c1ccc(S(F)=C(F)F)cc1. The molecule has 1 unspecified atom stereocenters. The predicted molar refractivity (Wildman–Crippen MR) is 47.6 cm³/mol. The number of carboxylic acids is 1. The third-order valence-corrected chi connectivity index (χ3v) is 2.40. The van der Waals surface area contributed by atoms with E-state index in [-0.39, 0.29) is 10.5 Å². The van der Waals surface area contributed by atoms with Gasteiger partial charge in [0.05, 0.1) is 16.4 Å². The number of benzene rings is 1. The fourth-order valence-corrected chi connectivity index (χ4v) is 1.36. The van der Waals surface area contributed by atoms with Crippen LogP contribution in [0.3, 0.4) is 0 Å². The summed E-state index contributed by atoms with van der Waals surface area (Å²) in [4.78, 5) is 10.1. The molecule has 14 heavy (non-hydrogen) atoms. The molecule has 0 aliphatic heterocycles. The monoisotopic (exact) mass is 222 g/mol. The molecular weight excluding hydrogens is 217 g/mol. The van der Waals surface area contributed by atoms with Gasteiger partial charge in [0.2, 0.25) is 0 Å². The highest BCUT2D eigenvalue weighted by atomic mass is 32.2. The zero-order chi connectivity index (χ0) is 10.7. The highest BCUT2D eigenvalue weighted by Crippen LogP contribution is 2.30. The average molecular weight is 222 g/mol. The second-order valence-electron chi connectivity index (χ2n) is 2.31. The van der Waals surface area contributed by atoms with Gasteiger partial charge in [0.1, 0.15) is 0 Å². The Morgan fingerprint density at radius 1 is 1.21 bits per heavy atom. The van der Waals surface area contributed by atoms with Gasteiger partial charge in [0.15, 0.2) is 0 Å². The summed E-state index contributed by atoms with van der Waals surface area (Å²) in [5.41, 5.74) is -0.0648. The van der Waals surface area contributed by atoms with E-state index in [9.17, 15) is 17.5 Å². The number of hydrogen-bond donors (Lipinski definition) is 1. The van der Waals surface area contributed by atoms with E-state index in [1.54, 1.807) is 0 Å². The number of carbonyl (C=O) groups is 1. The quantitative estimate of drug-likeness (QED) is 0.617. The summed E-state index contributed by atoms with van der Waals surface area (Å²) in [5.74, 6) is -1.18. The van der Waals surface area contributed by atoms with Gasteiger partial charge in [-0.3, -0.25) is 0 Å². The van der Waals surface area contributed by atoms with Crippen molar-refractivity contribution in [2.45, 2.75) is 4.90 Å². The normalized spacial score (nSPS) is 12.2. The number of rotatable bonds is 2. The number of hydrogen-bond acceptors (Lipinski definition) is 1. The molecule has 76 valence electrons. The highest BCUT2D eigenvalue weighted by molar-refractivity contribution is 8.11. The molecule has 2 nitrogen and oxygen atoms in total. The van der Waals surface area contributed by atoms with Gasteiger partial charge in [-0.1, -0.05) is 0 Å². The van der Waals surface area contributed by atoms with Crippen LogP contribution in [-0.2, 0) is 0 Å². The van der Waals surface area contributed by atoms with Crippen LogP contribution in [-0.4, -0.2) is 16.4 Å². The van der Waals surface area contributed by atoms with E-state index in [2.05, 4.69) is 0 Å². The second-order valence-corrected chi connectivity index (χ2v) is 3.60. The Balaban J connectivity index is 3.06. The average Bonchev–Trinajstić information content (AvgIpc) is 2.16. The molecule has 1 atom stereocenters. The maximum atomic E-state index is 12.7. The first-order valence-corrected chi connectivity index (χ1v) is 4.56. The van der Waals surface area contributed by atoms with Gasteiger partial charge in [-0.15, -0.1) is 0 Å². The van der Waals surface area contributed by atoms with Crippen LogP contribution < -0.4 is 0 Å². The molecule has 0 aromatic heterocycles. The van der Waals surface area contributed by atoms with E-state index in [0.29, 0.717) is 0 Å². The minimum atomic E-state index is -2.72. The van der Waals surface area contributed by atoms with Crippen molar-refractivity contribution in [3.63, 3.8) is 0 Å². The first-order chi connectivity index (χ1) is 6.52. The van der Waals surface area contributed by atoms with Crippen LogP contribution >= 0.6 is 10.9 Å². The standard InChI is InChI=1S/C8H5F3O2S/c9-8(10)14(11)6-3-1-5(2-4-6)7(12)13/h1-4H,(H,12,13). The van der Waals surface area contributed by atoms with Crippen molar-refractivity contribution in [2.75, 3.05) is 0 Å². The molecule has 0 heterocycles. The molecule has 0 saturated carbocycles. The fourth-order valence-electron chi connectivity index (χ4n) is 0.806. The Kier molecular flexibility index (Phi) is 3.29. The molecule has 1 rings (SSSR count). The molecule has 0 spiro atoms. The molecule has 0 bridgehead atoms. The molecule has 0 saturated heterocycles. The van der Waals surface area contributed by atoms with Gasteiger partial charge in [-0.05, 0) is 24.3 Å². The third-order valence-electron chi connectivity index (χ3n) is 1.44. The molecule has 6 heteroatoms. The largest absolute Gasteiger partial charge is 0.478 e. The van der Waals surface area contributed by atoms with Crippen LogP contribution in [0.1, 0.15) is 10.4 Å². The molecule has 0 radical (unpaired) electrons. The van der Waals surface area contributed by atoms with Gasteiger partial charge in [0, 0.05) is 4.90 Å². The summed E-state index contributed by atoms with van der Waals surface area (Å²) >= 11 is 0. The first kappa shape index (κ1) is 10.8. The lowest BCUT2D eigenvalue weighted by atomic mass is 10.2. The van der Waals surface area contributed by atoms with Crippen molar-refractivity contribution in [1.29, 1.82) is 0 Å². The van der Waals surface area contributed by atoms with E-state index < -0.39 is 22.2 Å². The Labute approximate surface area is 80.2 Å². The van der Waals surface area contributed by atoms with Crippen LogP contribution in [0.5, 0.6) is 0 Å². The summed E-state index contributed by atoms with van der Waals surface area (Å²) in [7, 11) is -2.72. The summed E-state index contributed by atoms with van der Waals surface area (Å²) in [5, 5.41) is 6.17. The van der Waals surface area contributed by atoms with Crippen molar-refractivity contribution in [3.8, 4) is 0 Å². The van der Waals surface area contributed by atoms with Crippen molar-refractivity contribution in [1.82, 2.24) is 0 Å². The maximum absolute atomic E-state index is 12.7. The Bertz CT molecular complexity index is 382. The van der Waals surface area contributed by atoms with E-state index >= 15 is 0 Å². The summed E-state index contributed by atoms with van der Waals surface area (Å²) in [6, 6.07) is 4.23. The van der Waals surface area contributed by atoms with Crippen molar-refractivity contribution >= 4 is 22.2 Å². The second kappa shape index (κ2) is 4.28. The van der Waals surface area contributed by atoms with E-state index in [0.717, 1.165) is 24.3 Å². The van der Waals surface area contributed by atoms with Crippen molar-refractivity contribution in [3.05, 3.63) is 29.8 Å². The zero-order valence-corrected chi connectivity index (χ0v) is 7.52. The van der Waals surface area contributed by atoms with Crippen molar-refractivity contribution < 1.29 is 22.6 Å². The molecule has 0 aliphatic carbocycles. The third kappa shape index (κ3) is 2.35. The van der Waals surface area contributed by atoms with Gasteiger partial charge >= 0.3 is 11.3 Å². The molecule has 0 aliphatic rings. The summed E-state index contributed by atoms with van der Waals surface area (Å²) in [6.45, 7) is 0. The molecule has 0 amide bonds. The van der Waals surface area contributed by atoms with Crippen LogP contribution in [0.4, 0.5) is 12.7 Å². The lowest BCUT2D eigenvalue weighted by Gasteiger charge is -1.98. The number of halogens is 3. The van der Waals surface area contributed by atoms with Crippen molar-refractivity contribution in [2.24, 2.45) is 0 Å². The molecule has 0 fully saturated rings. The molecular formula is C8H5F3O2S. The minimum absolute atomic E-state index is 0.0648. The van der Waals surface area contributed by atoms with E-state index in [1.165, 1.54) is 0 Å². The van der Waals surface area contributed by atoms with E-state index in [1.807, 2.05) is 0 Å². The molecule has 1 aromatic rings. The fraction of sp³-hybridized carbons (Fsp3) is 0. The Morgan fingerprint density at radius 3 is 2.07 bits per heavy atom. The summed E-state index contributed by atoms with van der Waals surface area (Å²) in [6.07, 6.45) is 0. The van der Waals surface area contributed by atoms with Crippen LogP contribution in [0.2, 0.25) is 0 Å². The minimum Gasteiger partial charge on any atom is -0.478 e. The number of carboxylic acid groups (broad SMARTS) is 1. The lowest BCUT2D eigenvalue weighted by Crippen LogP contribution is -1.94. The summed E-state index contributed by atoms with van der Waals surface area (Å²) < 4.78 is 36.3. The molecule has 1 N–H and O–H groups in total. The maximum Gasteiger partial charge on any atom is 0.335 e. The molecule has 1 aromatic carbocycles. The van der Waals surface area contributed by atoms with Crippen LogP contribution in [0.15, 0.2) is 29.2 Å². The number of aromatic carboxylic acids is 1. The van der Waals surface area contributed by atoms with Gasteiger partial charge in [-0.25, -0.2) is 4.79 Å². The van der Waals surface area contributed by atoms with Crippen LogP contribution in [0, 0.1) is 0 Å². The van der Waals surface area contributed by atoms with Crippen LogP contribution in [0.25, 0.3) is 0 Å². The van der Waals surface area contributed by atoms with Gasteiger partial charge in [0.25, 0.3) is 0 Å². The van der Waals surface area contributed by atoms with Gasteiger partial charge < -0.3 is 5.11 Å². The smallest absolute Gasteiger partial charge is 0.335 e. The predicted octanol–water partition coefficient (Wildman–Crippen LogP) is 2.92. The van der Waals surface area contributed by atoms with Gasteiger partial charge in [-0.2, -0.15) is 12.7 Å².